The standard InChI is InChI=1S/C13H26N2O/c1-5-9-12-14-11(8-4)13(16)15(12)10(6-2)7-3/h10-12,14H,5-9H2,1-4H3. The molecule has 1 amide bonds. The van der Waals surface area contributed by atoms with Crippen LogP contribution in [0.3, 0.4) is 0 Å². The van der Waals surface area contributed by atoms with E-state index in [1.54, 1.807) is 0 Å². The summed E-state index contributed by atoms with van der Waals surface area (Å²) in [7, 11) is 0. The summed E-state index contributed by atoms with van der Waals surface area (Å²) in [6.07, 6.45) is 5.47. The van der Waals surface area contributed by atoms with Gasteiger partial charge >= 0.3 is 0 Å². The van der Waals surface area contributed by atoms with E-state index in [0.29, 0.717) is 11.9 Å². The van der Waals surface area contributed by atoms with Gasteiger partial charge in [0, 0.05) is 6.04 Å². The molecule has 0 aromatic heterocycles. The molecular weight excluding hydrogens is 200 g/mol. The molecule has 1 rings (SSSR count). The van der Waals surface area contributed by atoms with Crippen LogP contribution in [0.5, 0.6) is 0 Å². The Kier molecular flexibility index (Phi) is 5.26. The Labute approximate surface area is 99.6 Å². The quantitative estimate of drug-likeness (QED) is 0.754. The van der Waals surface area contributed by atoms with E-state index in [9.17, 15) is 4.79 Å². The highest BCUT2D eigenvalue weighted by Crippen LogP contribution is 2.22. The molecule has 94 valence electrons. The number of nitrogens with one attached hydrogen (secondary N) is 1. The molecule has 0 aliphatic carbocycles. The Bertz CT molecular complexity index is 226. The maximum atomic E-state index is 12.2. The van der Waals surface area contributed by atoms with E-state index < -0.39 is 0 Å². The van der Waals surface area contributed by atoms with Gasteiger partial charge in [-0.25, -0.2) is 0 Å². The Morgan fingerprint density at radius 2 is 1.88 bits per heavy atom. The topological polar surface area (TPSA) is 32.3 Å². The molecule has 2 unspecified atom stereocenters. The number of hydrogen-bond acceptors (Lipinski definition) is 2. The molecule has 1 heterocycles. The van der Waals surface area contributed by atoms with Gasteiger partial charge in [-0.3, -0.25) is 10.1 Å². The maximum absolute atomic E-state index is 12.2. The first kappa shape index (κ1) is 13.5. The molecule has 0 aromatic carbocycles. The van der Waals surface area contributed by atoms with Crippen molar-refractivity contribution in [2.75, 3.05) is 0 Å². The van der Waals surface area contributed by atoms with Crippen LogP contribution in [0, 0.1) is 0 Å². The Balaban J connectivity index is 2.79. The summed E-state index contributed by atoms with van der Waals surface area (Å²) in [4.78, 5) is 14.4. The normalized spacial score (nSPS) is 25.8. The van der Waals surface area contributed by atoms with Crippen LogP contribution in [0.2, 0.25) is 0 Å². The fourth-order valence-corrected chi connectivity index (χ4v) is 2.62. The van der Waals surface area contributed by atoms with E-state index in [2.05, 4.69) is 37.9 Å². The second kappa shape index (κ2) is 6.24. The molecule has 1 N–H and O–H groups in total. The molecule has 0 spiro atoms. The molecule has 1 aliphatic rings. The van der Waals surface area contributed by atoms with Gasteiger partial charge in [0.1, 0.15) is 0 Å². The Morgan fingerprint density at radius 3 is 2.31 bits per heavy atom. The number of amides is 1. The van der Waals surface area contributed by atoms with Crippen LogP contribution in [0.1, 0.15) is 59.8 Å². The summed E-state index contributed by atoms with van der Waals surface area (Å²) in [5, 5.41) is 3.47. The van der Waals surface area contributed by atoms with Crippen molar-refractivity contribution >= 4 is 5.91 Å². The van der Waals surface area contributed by atoms with Crippen molar-refractivity contribution in [1.29, 1.82) is 0 Å². The molecule has 1 saturated heterocycles. The predicted octanol–water partition coefficient (Wildman–Crippen LogP) is 2.51. The third kappa shape index (κ3) is 2.57. The van der Waals surface area contributed by atoms with E-state index >= 15 is 0 Å². The Morgan fingerprint density at radius 1 is 1.25 bits per heavy atom. The third-order valence-corrected chi connectivity index (χ3v) is 3.59. The van der Waals surface area contributed by atoms with Crippen LogP contribution in [0.25, 0.3) is 0 Å². The summed E-state index contributed by atoms with van der Waals surface area (Å²) >= 11 is 0. The second-order valence-corrected chi connectivity index (χ2v) is 4.65. The molecule has 0 saturated carbocycles. The summed E-state index contributed by atoms with van der Waals surface area (Å²) < 4.78 is 0. The number of rotatable bonds is 6. The maximum Gasteiger partial charge on any atom is 0.241 e. The molecule has 0 radical (unpaired) electrons. The fourth-order valence-electron chi connectivity index (χ4n) is 2.62. The second-order valence-electron chi connectivity index (χ2n) is 4.65. The van der Waals surface area contributed by atoms with Crippen molar-refractivity contribution in [2.45, 2.75) is 78.0 Å². The smallest absolute Gasteiger partial charge is 0.241 e. The van der Waals surface area contributed by atoms with E-state index in [0.717, 1.165) is 32.1 Å². The first-order chi connectivity index (χ1) is 7.69. The van der Waals surface area contributed by atoms with Crippen molar-refractivity contribution in [1.82, 2.24) is 10.2 Å². The lowest BCUT2D eigenvalue weighted by atomic mass is 10.1. The van der Waals surface area contributed by atoms with Crippen LogP contribution in [0.4, 0.5) is 0 Å². The van der Waals surface area contributed by atoms with Gasteiger partial charge in [-0.1, -0.05) is 34.1 Å². The molecular formula is C13H26N2O. The zero-order valence-electron chi connectivity index (χ0n) is 11.1. The highest BCUT2D eigenvalue weighted by atomic mass is 16.2. The fraction of sp³-hybridized carbons (Fsp3) is 0.923. The number of nitrogens with zero attached hydrogens (tertiary/aromatic N) is 1. The lowest BCUT2D eigenvalue weighted by Gasteiger charge is -2.31. The zero-order valence-corrected chi connectivity index (χ0v) is 11.1. The lowest BCUT2D eigenvalue weighted by molar-refractivity contribution is -0.132. The summed E-state index contributed by atoms with van der Waals surface area (Å²) in [6.45, 7) is 8.60. The largest absolute Gasteiger partial charge is 0.323 e. The molecule has 0 bridgehead atoms. The van der Waals surface area contributed by atoms with Crippen molar-refractivity contribution in [3.63, 3.8) is 0 Å². The van der Waals surface area contributed by atoms with Crippen LogP contribution in [-0.4, -0.2) is 29.1 Å². The summed E-state index contributed by atoms with van der Waals surface area (Å²) in [5.74, 6) is 0.314. The van der Waals surface area contributed by atoms with E-state index in [1.807, 2.05) is 0 Å². The van der Waals surface area contributed by atoms with Gasteiger partial charge in [0.15, 0.2) is 0 Å². The van der Waals surface area contributed by atoms with Gasteiger partial charge in [0.2, 0.25) is 5.91 Å². The molecule has 2 atom stereocenters. The van der Waals surface area contributed by atoms with Gasteiger partial charge in [0.25, 0.3) is 0 Å². The first-order valence-electron chi connectivity index (χ1n) is 6.77. The Hall–Kier alpha value is -0.570. The molecule has 0 aromatic rings. The van der Waals surface area contributed by atoms with Crippen molar-refractivity contribution in [2.24, 2.45) is 0 Å². The molecule has 1 fully saturated rings. The molecule has 3 heteroatoms. The first-order valence-corrected chi connectivity index (χ1v) is 6.77. The minimum atomic E-state index is 0.0529. The predicted molar refractivity (Wildman–Crippen MR) is 67.1 cm³/mol. The lowest BCUT2D eigenvalue weighted by Crippen LogP contribution is -2.44. The van der Waals surface area contributed by atoms with Crippen LogP contribution in [0.15, 0.2) is 0 Å². The van der Waals surface area contributed by atoms with Crippen LogP contribution < -0.4 is 5.32 Å². The highest BCUT2D eigenvalue weighted by molar-refractivity contribution is 5.84. The summed E-state index contributed by atoms with van der Waals surface area (Å²) in [5.41, 5.74) is 0. The zero-order chi connectivity index (χ0) is 12.1. The van der Waals surface area contributed by atoms with Gasteiger partial charge in [0.05, 0.1) is 12.2 Å². The summed E-state index contributed by atoms with van der Waals surface area (Å²) in [6, 6.07) is 0.463. The van der Waals surface area contributed by atoms with Crippen LogP contribution >= 0.6 is 0 Å². The van der Waals surface area contributed by atoms with Crippen molar-refractivity contribution in [3.8, 4) is 0 Å². The van der Waals surface area contributed by atoms with Gasteiger partial charge in [-0.15, -0.1) is 0 Å². The average molecular weight is 226 g/mol. The number of carbonyl (C=O) groups excluding carboxylic acids is 1. The molecule has 3 nitrogen and oxygen atoms in total. The van der Waals surface area contributed by atoms with Gasteiger partial charge in [-0.05, 0) is 25.7 Å². The van der Waals surface area contributed by atoms with E-state index in [1.165, 1.54) is 0 Å². The van der Waals surface area contributed by atoms with Crippen molar-refractivity contribution in [3.05, 3.63) is 0 Å². The monoisotopic (exact) mass is 226 g/mol. The van der Waals surface area contributed by atoms with E-state index in [4.69, 9.17) is 0 Å². The number of carbonyl (C=O) groups is 1. The third-order valence-electron chi connectivity index (χ3n) is 3.59. The van der Waals surface area contributed by atoms with Crippen molar-refractivity contribution < 1.29 is 4.79 Å². The van der Waals surface area contributed by atoms with Gasteiger partial charge < -0.3 is 4.90 Å². The molecule has 1 aliphatic heterocycles. The average Bonchev–Trinajstić information content (AvgIpc) is 2.59. The van der Waals surface area contributed by atoms with E-state index in [-0.39, 0.29) is 12.2 Å². The molecule has 16 heavy (non-hydrogen) atoms. The minimum Gasteiger partial charge on any atom is -0.323 e. The SMILES string of the molecule is CCCC1NC(CC)C(=O)N1C(CC)CC. The van der Waals surface area contributed by atoms with Crippen LogP contribution in [-0.2, 0) is 4.79 Å². The number of hydrogen-bond donors (Lipinski definition) is 1. The van der Waals surface area contributed by atoms with Gasteiger partial charge in [-0.2, -0.15) is 0 Å². The minimum absolute atomic E-state index is 0.0529. The highest BCUT2D eigenvalue weighted by Gasteiger charge is 2.39.